The molecule has 0 spiro atoms. The molecule has 1 aromatic heterocycles. The van der Waals surface area contributed by atoms with Crippen LogP contribution < -0.4 is 5.32 Å². The summed E-state index contributed by atoms with van der Waals surface area (Å²) >= 11 is 0. The first-order chi connectivity index (χ1) is 10.2. The molecule has 0 saturated carbocycles. The maximum absolute atomic E-state index is 4.60. The number of piperidine rings is 1. The third-order valence-electron chi connectivity index (χ3n) is 4.55. The second kappa shape index (κ2) is 6.44. The van der Waals surface area contributed by atoms with Crippen molar-refractivity contribution in [3.63, 3.8) is 0 Å². The molecule has 3 heteroatoms. The Kier molecular flexibility index (Phi) is 4.39. The topological polar surface area (TPSA) is 28.2 Å². The molecule has 1 N–H and O–H groups in total. The minimum atomic E-state index is 0.878. The fraction of sp³-hybridized carbons (Fsp3) is 0.500. The lowest BCUT2D eigenvalue weighted by Gasteiger charge is -2.29. The molecule has 0 aliphatic carbocycles. The molecule has 2 heterocycles. The summed E-state index contributed by atoms with van der Waals surface area (Å²) in [6.07, 6.45) is 3.95. The highest BCUT2D eigenvalue weighted by molar-refractivity contribution is 5.91. The van der Waals surface area contributed by atoms with Crippen molar-refractivity contribution in [1.29, 1.82) is 0 Å². The van der Waals surface area contributed by atoms with Crippen LogP contribution in [0.15, 0.2) is 30.3 Å². The number of hydrogen-bond donors (Lipinski definition) is 1. The summed E-state index contributed by atoms with van der Waals surface area (Å²) in [6, 6.07) is 10.5. The Bertz CT molecular complexity index is 600. The van der Waals surface area contributed by atoms with Crippen LogP contribution in [-0.4, -0.2) is 36.6 Å². The molecular formula is C18H25N3. The number of para-hydroxylation sites is 1. The zero-order valence-electron chi connectivity index (χ0n) is 13.1. The number of nitrogens with zero attached hydrogens (tertiary/aromatic N) is 2. The molecule has 3 rings (SSSR count). The monoisotopic (exact) mass is 283 g/mol. The lowest BCUT2D eigenvalue weighted by Crippen LogP contribution is -2.30. The molecule has 0 radical (unpaired) electrons. The summed E-state index contributed by atoms with van der Waals surface area (Å²) in [5.74, 6) is 0.878. The maximum atomic E-state index is 4.60. The van der Waals surface area contributed by atoms with Gasteiger partial charge in [0, 0.05) is 23.3 Å². The van der Waals surface area contributed by atoms with Crippen LogP contribution in [0.3, 0.4) is 0 Å². The lowest BCUT2D eigenvalue weighted by atomic mass is 9.94. The average Bonchev–Trinajstić information content (AvgIpc) is 2.49. The number of pyridine rings is 1. The van der Waals surface area contributed by atoms with Crippen LogP contribution in [0.5, 0.6) is 0 Å². The van der Waals surface area contributed by atoms with E-state index in [-0.39, 0.29) is 0 Å². The van der Waals surface area contributed by atoms with E-state index in [1.165, 1.54) is 43.4 Å². The van der Waals surface area contributed by atoms with Gasteiger partial charge in [-0.3, -0.25) is 4.98 Å². The van der Waals surface area contributed by atoms with Gasteiger partial charge in [-0.15, -0.1) is 0 Å². The summed E-state index contributed by atoms with van der Waals surface area (Å²) in [4.78, 5) is 7.03. The van der Waals surface area contributed by atoms with Gasteiger partial charge in [-0.1, -0.05) is 18.2 Å². The van der Waals surface area contributed by atoms with E-state index in [4.69, 9.17) is 0 Å². The molecule has 0 unspecified atom stereocenters. The highest BCUT2D eigenvalue weighted by atomic mass is 15.1. The Morgan fingerprint density at radius 1 is 1.24 bits per heavy atom. The smallest absolute Gasteiger partial charge is 0.0725 e. The van der Waals surface area contributed by atoms with Gasteiger partial charge in [0.1, 0.15) is 0 Å². The van der Waals surface area contributed by atoms with Crippen molar-refractivity contribution in [2.24, 2.45) is 5.92 Å². The molecule has 0 amide bonds. The van der Waals surface area contributed by atoms with Gasteiger partial charge >= 0.3 is 0 Å². The molecule has 1 aliphatic rings. The summed E-state index contributed by atoms with van der Waals surface area (Å²) in [5.41, 5.74) is 3.39. The molecule has 112 valence electrons. The molecule has 0 bridgehead atoms. The van der Waals surface area contributed by atoms with Crippen molar-refractivity contribution in [2.45, 2.75) is 26.2 Å². The van der Waals surface area contributed by atoms with E-state index >= 15 is 0 Å². The van der Waals surface area contributed by atoms with Crippen LogP contribution >= 0.6 is 0 Å². The predicted molar refractivity (Wildman–Crippen MR) is 89.8 cm³/mol. The van der Waals surface area contributed by atoms with Crippen LogP contribution in [0.2, 0.25) is 0 Å². The highest BCUT2D eigenvalue weighted by Gasteiger charge is 2.16. The van der Waals surface area contributed by atoms with E-state index < -0.39 is 0 Å². The van der Waals surface area contributed by atoms with Crippen molar-refractivity contribution in [3.8, 4) is 0 Å². The van der Waals surface area contributed by atoms with Crippen LogP contribution in [0.25, 0.3) is 10.9 Å². The third-order valence-corrected chi connectivity index (χ3v) is 4.55. The Balaban J connectivity index is 1.63. The molecule has 21 heavy (non-hydrogen) atoms. The number of rotatable bonds is 4. The number of aromatic nitrogens is 1. The number of anilines is 1. The Morgan fingerprint density at radius 2 is 2.00 bits per heavy atom. The largest absolute Gasteiger partial charge is 0.384 e. The zero-order valence-corrected chi connectivity index (χ0v) is 13.1. The van der Waals surface area contributed by atoms with E-state index in [0.29, 0.717) is 0 Å². The number of benzene rings is 1. The normalized spacial score (nSPS) is 17.2. The van der Waals surface area contributed by atoms with Crippen LogP contribution in [0.1, 0.15) is 25.0 Å². The molecule has 3 nitrogen and oxygen atoms in total. The fourth-order valence-corrected chi connectivity index (χ4v) is 3.22. The summed E-state index contributed by atoms with van der Waals surface area (Å²) < 4.78 is 0. The van der Waals surface area contributed by atoms with E-state index in [1.807, 2.05) is 0 Å². The van der Waals surface area contributed by atoms with E-state index in [0.717, 1.165) is 23.7 Å². The highest BCUT2D eigenvalue weighted by Crippen LogP contribution is 2.24. The summed E-state index contributed by atoms with van der Waals surface area (Å²) in [7, 11) is 2.22. The number of nitrogens with one attached hydrogen (secondary N) is 1. The first-order valence-electron chi connectivity index (χ1n) is 8.01. The van der Waals surface area contributed by atoms with E-state index in [1.54, 1.807) is 0 Å². The summed E-state index contributed by atoms with van der Waals surface area (Å²) in [5, 5.41) is 4.86. The first kappa shape index (κ1) is 14.3. The van der Waals surface area contributed by atoms with Crippen LogP contribution in [0.4, 0.5) is 5.69 Å². The van der Waals surface area contributed by atoms with Crippen molar-refractivity contribution in [3.05, 3.63) is 36.0 Å². The second-order valence-corrected chi connectivity index (χ2v) is 6.29. The number of likely N-dealkylation sites (tertiary alicyclic amines) is 1. The van der Waals surface area contributed by atoms with E-state index in [9.17, 15) is 0 Å². The Hall–Kier alpha value is -1.61. The molecule has 1 aliphatic heterocycles. The lowest BCUT2D eigenvalue weighted by molar-refractivity contribution is 0.215. The summed E-state index contributed by atoms with van der Waals surface area (Å²) in [6.45, 7) is 5.63. The van der Waals surface area contributed by atoms with Crippen molar-refractivity contribution in [1.82, 2.24) is 9.88 Å². The Labute approximate surface area is 127 Å². The molecular weight excluding hydrogens is 258 g/mol. The zero-order chi connectivity index (χ0) is 14.7. The van der Waals surface area contributed by atoms with Gasteiger partial charge in [-0.05, 0) is 64.4 Å². The number of aryl methyl sites for hydroxylation is 1. The van der Waals surface area contributed by atoms with Gasteiger partial charge in [0.15, 0.2) is 0 Å². The van der Waals surface area contributed by atoms with Gasteiger partial charge in [-0.2, -0.15) is 0 Å². The van der Waals surface area contributed by atoms with E-state index in [2.05, 4.69) is 59.5 Å². The standard InChI is InChI=1S/C18H25N3/c1-14-13-18(16-5-3-4-6-17(16)20-14)19-10-7-15-8-11-21(2)12-9-15/h3-6,13,15H,7-12H2,1-2H3,(H,19,20). The third kappa shape index (κ3) is 3.53. The maximum Gasteiger partial charge on any atom is 0.0725 e. The molecule has 1 aromatic carbocycles. The van der Waals surface area contributed by atoms with Crippen molar-refractivity contribution < 1.29 is 0 Å². The first-order valence-corrected chi connectivity index (χ1v) is 8.01. The van der Waals surface area contributed by atoms with Gasteiger partial charge < -0.3 is 10.2 Å². The molecule has 0 atom stereocenters. The quantitative estimate of drug-likeness (QED) is 0.927. The van der Waals surface area contributed by atoms with Crippen molar-refractivity contribution >= 4 is 16.6 Å². The van der Waals surface area contributed by atoms with Crippen LogP contribution in [0, 0.1) is 12.8 Å². The minimum Gasteiger partial charge on any atom is -0.384 e. The Morgan fingerprint density at radius 3 is 2.81 bits per heavy atom. The van der Waals surface area contributed by atoms with Gasteiger partial charge in [0.2, 0.25) is 0 Å². The fourth-order valence-electron chi connectivity index (χ4n) is 3.22. The molecule has 2 aromatic rings. The van der Waals surface area contributed by atoms with Gasteiger partial charge in [-0.25, -0.2) is 0 Å². The van der Waals surface area contributed by atoms with Gasteiger partial charge in [0.05, 0.1) is 5.52 Å². The molecule has 1 fully saturated rings. The molecule has 1 saturated heterocycles. The van der Waals surface area contributed by atoms with Gasteiger partial charge in [0.25, 0.3) is 0 Å². The number of hydrogen-bond acceptors (Lipinski definition) is 3. The van der Waals surface area contributed by atoms with Crippen LogP contribution in [-0.2, 0) is 0 Å². The van der Waals surface area contributed by atoms with Crippen molar-refractivity contribution in [2.75, 3.05) is 32.0 Å². The average molecular weight is 283 g/mol. The SMILES string of the molecule is Cc1cc(NCCC2CCN(C)CC2)c2ccccc2n1. The second-order valence-electron chi connectivity index (χ2n) is 6.29. The minimum absolute atomic E-state index is 0.878. The number of fused-ring (bicyclic) bond motifs is 1. The predicted octanol–water partition coefficient (Wildman–Crippen LogP) is 3.69.